The molecule has 4 nitrogen and oxygen atoms in total. The Bertz CT molecular complexity index is 359. The van der Waals surface area contributed by atoms with E-state index in [-0.39, 0.29) is 24.8 Å². The lowest BCUT2D eigenvalue weighted by atomic mass is 10.4. The average molecular weight is 207 g/mol. The Morgan fingerprint density at radius 1 is 1.25 bits per heavy atom. The molecule has 0 aliphatic carbocycles. The molecule has 0 spiro atoms. The number of hydrogen-bond donors (Lipinski definition) is 2. The molecule has 2 aromatic heterocycles. The van der Waals surface area contributed by atoms with Crippen LogP contribution >= 0.6 is 24.8 Å². The SMILES string of the molecule is Cl.Cl.Nc1ncnc2cc[nH]c12. The van der Waals surface area contributed by atoms with Crippen LogP contribution in [0.1, 0.15) is 0 Å². The van der Waals surface area contributed by atoms with Crippen molar-refractivity contribution in [3.8, 4) is 0 Å². The van der Waals surface area contributed by atoms with Crippen LogP contribution in [0.2, 0.25) is 0 Å². The zero-order valence-corrected chi connectivity index (χ0v) is 7.65. The summed E-state index contributed by atoms with van der Waals surface area (Å²) in [6.07, 6.45) is 3.24. The van der Waals surface area contributed by atoms with E-state index in [9.17, 15) is 0 Å². The second-order valence-electron chi connectivity index (χ2n) is 2.00. The van der Waals surface area contributed by atoms with Crippen LogP contribution in [0.25, 0.3) is 11.0 Å². The van der Waals surface area contributed by atoms with Gasteiger partial charge in [0.05, 0.1) is 5.52 Å². The molecule has 0 atom stereocenters. The molecule has 0 aliphatic rings. The predicted octanol–water partition coefficient (Wildman–Crippen LogP) is 1.38. The number of nitrogens with zero attached hydrogens (tertiary/aromatic N) is 2. The number of nitrogens with one attached hydrogen (secondary N) is 1. The Labute approximate surface area is 81.4 Å². The summed E-state index contributed by atoms with van der Waals surface area (Å²) in [4.78, 5) is 10.7. The van der Waals surface area contributed by atoms with Crippen LogP contribution in [0.4, 0.5) is 5.82 Å². The third-order valence-corrected chi connectivity index (χ3v) is 1.37. The van der Waals surface area contributed by atoms with Crippen molar-refractivity contribution >= 4 is 41.7 Å². The molecule has 12 heavy (non-hydrogen) atoms. The molecule has 0 unspecified atom stereocenters. The van der Waals surface area contributed by atoms with Crippen LogP contribution < -0.4 is 5.73 Å². The van der Waals surface area contributed by atoms with Crippen LogP contribution in [-0.2, 0) is 0 Å². The fourth-order valence-electron chi connectivity index (χ4n) is 0.892. The van der Waals surface area contributed by atoms with Crippen molar-refractivity contribution in [2.75, 3.05) is 5.73 Å². The summed E-state index contributed by atoms with van der Waals surface area (Å²) in [6.45, 7) is 0. The molecule has 2 heterocycles. The summed E-state index contributed by atoms with van der Waals surface area (Å²) in [5, 5.41) is 0. The summed E-state index contributed by atoms with van der Waals surface area (Å²) in [6, 6.07) is 1.85. The van der Waals surface area contributed by atoms with E-state index in [1.807, 2.05) is 6.07 Å². The zero-order chi connectivity index (χ0) is 6.97. The van der Waals surface area contributed by atoms with Crippen molar-refractivity contribution in [1.82, 2.24) is 15.0 Å². The van der Waals surface area contributed by atoms with Gasteiger partial charge in [0.25, 0.3) is 0 Å². The predicted molar refractivity (Wildman–Crippen MR) is 52.8 cm³/mol. The minimum Gasteiger partial charge on any atom is -0.382 e. The maximum Gasteiger partial charge on any atom is 0.151 e. The highest BCUT2D eigenvalue weighted by atomic mass is 35.5. The Morgan fingerprint density at radius 2 is 2.00 bits per heavy atom. The van der Waals surface area contributed by atoms with Crippen LogP contribution in [0, 0.1) is 0 Å². The van der Waals surface area contributed by atoms with Crippen LogP contribution in [0.15, 0.2) is 18.6 Å². The van der Waals surface area contributed by atoms with E-state index in [1.54, 1.807) is 6.20 Å². The highest BCUT2D eigenvalue weighted by Crippen LogP contribution is 2.12. The number of aromatic amines is 1. The molecular formula is C6H8Cl2N4. The minimum absolute atomic E-state index is 0. The molecule has 6 heteroatoms. The van der Waals surface area contributed by atoms with Gasteiger partial charge in [0.1, 0.15) is 11.8 Å². The number of nitrogen functional groups attached to an aromatic ring is 1. The lowest BCUT2D eigenvalue weighted by Gasteiger charge is -1.90. The summed E-state index contributed by atoms with van der Waals surface area (Å²) in [7, 11) is 0. The fraction of sp³-hybridized carbons (Fsp3) is 0. The van der Waals surface area contributed by atoms with Gasteiger partial charge in [-0.25, -0.2) is 9.97 Å². The van der Waals surface area contributed by atoms with Crippen LogP contribution in [-0.4, -0.2) is 15.0 Å². The van der Waals surface area contributed by atoms with Crippen LogP contribution in [0.5, 0.6) is 0 Å². The smallest absolute Gasteiger partial charge is 0.151 e. The summed E-state index contributed by atoms with van der Waals surface area (Å²) < 4.78 is 0. The van der Waals surface area contributed by atoms with Gasteiger partial charge in [-0.1, -0.05) is 0 Å². The van der Waals surface area contributed by atoms with Gasteiger partial charge in [0, 0.05) is 6.20 Å². The van der Waals surface area contributed by atoms with Crippen molar-refractivity contribution in [2.45, 2.75) is 0 Å². The molecule has 66 valence electrons. The standard InChI is InChI=1S/C6H6N4.2ClH/c7-6-5-4(1-2-8-5)9-3-10-6;;/h1-3,8H,(H2,7,9,10);2*1H. The minimum atomic E-state index is 0. The molecule has 0 fully saturated rings. The number of rotatable bonds is 0. The van der Waals surface area contributed by atoms with E-state index < -0.39 is 0 Å². The fourth-order valence-corrected chi connectivity index (χ4v) is 0.892. The molecule has 0 bridgehead atoms. The number of fused-ring (bicyclic) bond motifs is 1. The van der Waals surface area contributed by atoms with E-state index in [1.165, 1.54) is 6.33 Å². The second-order valence-corrected chi connectivity index (χ2v) is 2.00. The highest BCUT2D eigenvalue weighted by Gasteiger charge is 1.97. The van der Waals surface area contributed by atoms with E-state index in [0.29, 0.717) is 5.82 Å². The van der Waals surface area contributed by atoms with E-state index >= 15 is 0 Å². The van der Waals surface area contributed by atoms with Crippen molar-refractivity contribution in [2.24, 2.45) is 0 Å². The highest BCUT2D eigenvalue weighted by molar-refractivity contribution is 5.85. The van der Waals surface area contributed by atoms with Gasteiger partial charge in [0.2, 0.25) is 0 Å². The maximum atomic E-state index is 5.52. The molecule has 0 amide bonds. The van der Waals surface area contributed by atoms with Gasteiger partial charge in [0.15, 0.2) is 5.82 Å². The number of aromatic nitrogens is 3. The lowest BCUT2D eigenvalue weighted by Crippen LogP contribution is -1.91. The second kappa shape index (κ2) is 4.13. The molecular weight excluding hydrogens is 199 g/mol. The largest absolute Gasteiger partial charge is 0.382 e. The summed E-state index contributed by atoms with van der Waals surface area (Å²) >= 11 is 0. The van der Waals surface area contributed by atoms with E-state index in [2.05, 4.69) is 15.0 Å². The average Bonchev–Trinajstić information content (AvgIpc) is 2.36. The first-order chi connectivity index (χ1) is 4.88. The number of H-pyrrole nitrogens is 1. The first-order valence-corrected chi connectivity index (χ1v) is 2.91. The quantitative estimate of drug-likeness (QED) is 0.685. The van der Waals surface area contributed by atoms with Gasteiger partial charge < -0.3 is 10.7 Å². The summed E-state index contributed by atoms with van der Waals surface area (Å²) in [5.74, 6) is 0.495. The summed E-state index contributed by atoms with van der Waals surface area (Å²) in [5.41, 5.74) is 7.18. The van der Waals surface area contributed by atoms with Crippen molar-refractivity contribution in [1.29, 1.82) is 0 Å². The van der Waals surface area contributed by atoms with Gasteiger partial charge in [-0.15, -0.1) is 24.8 Å². The topological polar surface area (TPSA) is 67.6 Å². The zero-order valence-electron chi connectivity index (χ0n) is 6.02. The first kappa shape index (κ1) is 11.0. The number of halogens is 2. The number of hydrogen-bond acceptors (Lipinski definition) is 3. The molecule has 0 radical (unpaired) electrons. The molecule has 0 saturated heterocycles. The van der Waals surface area contributed by atoms with Gasteiger partial charge in [-0.3, -0.25) is 0 Å². The van der Waals surface area contributed by atoms with Crippen molar-refractivity contribution in [3.05, 3.63) is 18.6 Å². The lowest BCUT2D eigenvalue weighted by molar-refractivity contribution is 1.22. The van der Waals surface area contributed by atoms with E-state index in [0.717, 1.165) is 11.0 Å². The molecule has 2 aromatic rings. The van der Waals surface area contributed by atoms with Gasteiger partial charge in [-0.05, 0) is 6.07 Å². The Balaban J connectivity index is 0.000000605. The molecule has 0 aromatic carbocycles. The molecule has 0 aliphatic heterocycles. The monoisotopic (exact) mass is 206 g/mol. The number of anilines is 1. The normalized spacial score (nSPS) is 8.67. The van der Waals surface area contributed by atoms with Gasteiger partial charge >= 0.3 is 0 Å². The first-order valence-electron chi connectivity index (χ1n) is 2.91. The molecule has 3 N–H and O–H groups in total. The maximum absolute atomic E-state index is 5.52. The van der Waals surface area contributed by atoms with E-state index in [4.69, 9.17) is 5.73 Å². The Hall–Kier alpha value is -1.00. The van der Waals surface area contributed by atoms with Crippen molar-refractivity contribution < 1.29 is 0 Å². The molecule has 2 rings (SSSR count). The third-order valence-electron chi connectivity index (χ3n) is 1.37. The van der Waals surface area contributed by atoms with Crippen LogP contribution in [0.3, 0.4) is 0 Å². The number of nitrogens with two attached hydrogens (primary N) is 1. The molecule has 0 saturated carbocycles. The van der Waals surface area contributed by atoms with Crippen molar-refractivity contribution in [3.63, 3.8) is 0 Å². The Morgan fingerprint density at radius 3 is 2.67 bits per heavy atom. The third kappa shape index (κ3) is 1.60. The Kier molecular flexibility index (Phi) is 3.79. The van der Waals surface area contributed by atoms with Gasteiger partial charge in [-0.2, -0.15) is 0 Å².